The highest BCUT2D eigenvalue weighted by atomic mass is 35.5. The molecule has 2 aromatic rings. The lowest BCUT2D eigenvalue weighted by Gasteiger charge is -2.10. The highest BCUT2D eigenvalue weighted by molar-refractivity contribution is 6.32. The van der Waals surface area contributed by atoms with Crippen molar-refractivity contribution in [1.29, 1.82) is 5.26 Å². The zero-order valence-corrected chi connectivity index (χ0v) is 13.3. The molecule has 23 heavy (non-hydrogen) atoms. The van der Waals surface area contributed by atoms with Crippen molar-refractivity contribution in [1.82, 2.24) is 0 Å². The lowest BCUT2D eigenvalue weighted by molar-refractivity contribution is -0.119. The first-order valence-corrected chi connectivity index (χ1v) is 7.20. The Morgan fingerprint density at radius 1 is 1.30 bits per heavy atom. The number of nitriles is 1. The SMILES string of the molecule is COCC(=O)Nc1ccc(OCc2cccc(C#N)c2)c(Cl)c1. The molecule has 0 aliphatic carbocycles. The topological polar surface area (TPSA) is 71.3 Å². The molecule has 2 aromatic carbocycles. The maximum Gasteiger partial charge on any atom is 0.250 e. The van der Waals surface area contributed by atoms with Crippen LogP contribution in [-0.2, 0) is 16.1 Å². The molecule has 0 aliphatic rings. The average molecular weight is 331 g/mol. The first-order chi connectivity index (χ1) is 11.1. The Hall–Kier alpha value is -2.55. The smallest absolute Gasteiger partial charge is 0.250 e. The average Bonchev–Trinajstić information content (AvgIpc) is 2.54. The molecule has 0 atom stereocenters. The van der Waals surface area contributed by atoms with E-state index >= 15 is 0 Å². The Morgan fingerprint density at radius 3 is 2.83 bits per heavy atom. The molecule has 0 radical (unpaired) electrons. The summed E-state index contributed by atoms with van der Waals surface area (Å²) >= 11 is 6.15. The molecule has 0 aliphatic heterocycles. The van der Waals surface area contributed by atoms with Gasteiger partial charge in [-0.15, -0.1) is 0 Å². The van der Waals surface area contributed by atoms with Gasteiger partial charge in [0.25, 0.3) is 0 Å². The summed E-state index contributed by atoms with van der Waals surface area (Å²) in [5.41, 5.74) is 2.02. The van der Waals surface area contributed by atoms with Crippen LogP contribution in [0.4, 0.5) is 5.69 Å². The minimum atomic E-state index is -0.259. The van der Waals surface area contributed by atoms with Crippen LogP contribution in [0.25, 0.3) is 0 Å². The first kappa shape index (κ1) is 16.8. The van der Waals surface area contributed by atoms with Gasteiger partial charge < -0.3 is 14.8 Å². The van der Waals surface area contributed by atoms with E-state index in [1.54, 1.807) is 36.4 Å². The molecule has 1 amide bonds. The van der Waals surface area contributed by atoms with Gasteiger partial charge >= 0.3 is 0 Å². The molecule has 1 N–H and O–H groups in total. The number of rotatable bonds is 6. The van der Waals surface area contributed by atoms with Gasteiger partial charge in [0.2, 0.25) is 5.91 Å². The molecular weight excluding hydrogens is 316 g/mol. The van der Waals surface area contributed by atoms with Crippen LogP contribution in [0.3, 0.4) is 0 Å². The van der Waals surface area contributed by atoms with Crippen LogP contribution < -0.4 is 10.1 Å². The van der Waals surface area contributed by atoms with Gasteiger partial charge in [0.15, 0.2) is 0 Å². The zero-order chi connectivity index (χ0) is 16.7. The van der Waals surface area contributed by atoms with Crippen molar-refractivity contribution in [3.8, 4) is 11.8 Å². The predicted molar refractivity (Wildman–Crippen MR) is 87.4 cm³/mol. The third-order valence-corrected chi connectivity index (χ3v) is 3.24. The van der Waals surface area contributed by atoms with Gasteiger partial charge in [-0.1, -0.05) is 23.7 Å². The van der Waals surface area contributed by atoms with Gasteiger partial charge in [-0.2, -0.15) is 5.26 Å². The number of methoxy groups -OCH3 is 1. The van der Waals surface area contributed by atoms with E-state index in [2.05, 4.69) is 11.4 Å². The number of hydrogen-bond acceptors (Lipinski definition) is 4. The van der Waals surface area contributed by atoms with Crippen LogP contribution in [0.15, 0.2) is 42.5 Å². The summed E-state index contributed by atoms with van der Waals surface area (Å²) in [6.07, 6.45) is 0. The van der Waals surface area contributed by atoms with E-state index in [-0.39, 0.29) is 12.5 Å². The number of benzene rings is 2. The zero-order valence-electron chi connectivity index (χ0n) is 12.5. The molecule has 0 bridgehead atoms. The van der Waals surface area contributed by atoms with Crippen LogP contribution in [0, 0.1) is 11.3 Å². The lowest BCUT2D eigenvalue weighted by Crippen LogP contribution is -2.17. The summed E-state index contributed by atoms with van der Waals surface area (Å²) in [5.74, 6) is 0.240. The third-order valence-electron chi connectivity index (χ3n) is 2.94. The predicted octanol–water partition coefficient (Wildman–Crippen LogP) is 3.38. The Bertz CT molecular complexity index is 741. The molecule has 5 nitrogen and oxygen atoms in total. The second-order valence-electron chi connectivity index (χ2n) is 4.73. The van der Waals surface area contributed by atoms with E-state index in [1.165, 1.54) is 7.11 Å². The van der Waals surface area contributed by atoms with Crippen molar-refractivity contribution < 1.29 is 14.3 Å². The molecule has 6 heteroatoms. The van der Waals surface area contributed by atoms with Gasteiger partial charge in [0.1, 0.15) is 19.0 Å². The number of hydrogen-bond donors (Lipinski definition) is 1. The molecule has 0 saturated heterocycles. The van der Waals surface area contributed by atoms with E-state index in [0.717, 1.165) is 5.56 Å². The standard InChI is InChI=1S/C17H15ClN2O3/c1-22-11-17(21)20-14-5-6-16(15(18)8-14)23-10-13-4-2-3-12(7-13)9-19/h2-8H,10-11H2,1H3,(H,20,21). The summed E-state index contributed by atoms with van der Waals surface area (Å²) in [6, 6.07) is 14.2. The van der Waals surface area contributed by atoms with E-state index in [0.29, 0.717) is 28.6 Å². The second kappa shape index (κ2) is 8.18. The van der Waals surface area contributed by atoms with Crippen molar-refractivity contribution in [2.24, 2.45) is 0 Å². The maximum atomic E-state index is 11.4. The molecule has 118 valence electrons. The van der Waals surface area contributed by atoms with Crippen LogP contribution in [0.2, 0.25) is 5.02 Å². The molecular formula is C17H15ClN2O3. The normalized spacial score (nSPS) is 9.96. The van der Waals surface area contributed by atoms with Crippen LogP contribution in [0.5, 0.6) is 5.75 Å². The number of anilines is 1. The first-order valence-electron chi connectivity index (χ1n) is 6.82. The fourth-order valence-electron chi connectivity index (χ4n) is 1.92. The maximum absolute atomic E-state index is 11.4. The highest BCUT2D eigenvalue weighted by Gasteiger charge is 2.07. The Morgan fingerprint density at radius 2 is 2.13 bits per heavy atom. The van der Waals surface area contributed by atoms with Crippen LogP contribution in [-0.4, -0.2) is 19.6 Å². The summed E-state index contributed by atoms with van der Waals surface area (Å²) in [4.78, 5) is 11.4. The molecule has 2 rings (SSSR count). The lowest BCUT2D eigenvalue weighted by atomic mass is 10.1. The number of carbonyl (C=O) groups excluding carboxylic acids is 1. The number of ether oxygens (including phenoxy) is 2. The molecule has 0 fully saturated rings. The quantitative estimate of drug-likeness (QED) is 0.881. The van der Waals surface area contributed by atoms with E-state index in [1.807, 2.05) is 6.07 Å². The van der Waals surface area contributed by atoms with Crippen molar-refractivity contribution in [3.05, 3.63) is 58.6 Å². The van der Waals surface area contributed by atoms with Gasteiger partial charge in [0, 0.05) is 12.8 Å². The van der Waals surface area contributed by atoms with Gasteiger partial charge in [0.05, 0.1) is 16.7 Å². The Kier molecular flexibility index (Phi) is 5.98. The summed E-state index contributed by atoms with van der Waals surface area (Å²) in [6.45, 7) is 0.274. The van der Waals surface area contributed by atoms with Gasteiger partial charge in [-0.3, -0.25) is 4.79 Å². The number of carbonyl (C=O) groups is 1. The van der Waals surface area contributed by atoms with Crippen molar-refractivity contribution in [3.63, 3.8) is 0 Å². The fraction of sp³-hybridized carbons (Fsp3) is 0.176. The number of amides is 1. The largest absolute Gasteiger partial charge is 0.487 e. The number of nitrogens with one attached hydrogen (secondary N) is 1. The van der Waals surface area contributed by atoms with Gasteiger partial charge in [-0.25, -0.2) is 0 Å². The Balaban J connectivity index is 2.01. The van der Waals surface area contributed by atoms with Gasteiger partial charge in [-0.05, 0) is 35.9 Å². The van der Waals surface area contributed by atoms with E-state index < -0.39 is 0 Å². The monoisotopic (exact) mass is 330 g/mol. The summed E-state index contributed by atoms with van der Waals surface area (Å²) < 4.78 is 10.4. The second-order valence-corrected chi connectivity index (χ2v) is 5.13. The van der Waals surface area contributed by atoms with E-state index in [4.69, 9.17) is 26.3 Å². The highest BCUT2D eigenvalue weighted by Crippen LogP contribution is 2.28. The van der Waals surface area contributed by atoms with E-state index in [9.17, 15) is 4.79 Å². The number of halogens is 1. The molecule has 0 heterocycles. The van der Waals surface area contributed by atoms with Crippen LogP contribution >= 0.6 is 11.6 Å². The summed E-state index contributed by atoms with van der Waals surface area (Å²) in [5, 5.41) is 11.9. The number of nitrogens with zero attached hydrogens (tertiary/aromatic N) is 1. The minimum absolute atomic E-state index is 0.0227. The molecule has 0 aromatic heterocycles. The molecule has 0 spiro atoms. The van der Waals surface area contributed by atoms with Crippen molar-refractivity contribution in [2.45, 2.75) is 6.61 Å². The molecule has 0 unspecified atom stereocenters. The fourth-order valence-corrected chi connectivity index (χ4v) is 2.15. The van der Waals surface area contributed by atoms with Crippen LogP contribution in [0.1, 0.15) is 11.1 Å². The van der Waals surface area contributed by atoms with Crippen molar-refractivity contribution in [2.75, 3.05) is 19.0 Å². The summed E-state index contributed by atoms with van der Waals surface area (Å²) in [7, 11) is 1.45. The minimum Gasteiger partial charge on any atom is -0.487 e. The van der Waals surface area contributed by atoms with Crippen molar-refractivity contribution >= 4 is 23.2 Å². The molecule has 0 saturated carbocycles. The third kappa shape index (κ3) is 4.99. The Labute approximate surface area is 139 Å².